The minimum atomic E-state index is -4.61. The molecule has 0 radical (unpaired) electrons. The standard InChI is InChI=1S/C15H15F3N2O4S/c1-19-9-11(7-13(19)14(21)22)25(23,24)20(2)8-10-5-3-4-6-12(10)15(16,17)18/h3-7,9H,8H2,1-2H3,(H,21,22). The molecular formula is C15H15F3N2O4S. The van der Waals surface area contributed by atoms with Crippen molar-refractivity contribution in [2.45, 2.75) is 17.6 Å². The average molecular weight is 376 g/mol. The number of carboxylic acids is 1. The van der Waals surface area contributed by atoms with E-state index < -0.39 is 34.3 Å². The summed E-state index contributed by atoms with van der Waals surface area (Å²) in [6.45, 7) is -0.505. The maximum atomic E-state index is 13.0. The van der Waals surface area contributed by atoms with E-state index in [2.05, 4.69) is 0 Å². The molecule has 0 amide bonds. The van der Waals surface area contributed by atoms with Crippen molar-refractivity contribution in [1.82, 2.24) is 8.87 Å². The van der Waals surface area contributed by atoms with Crippen LogP contribution < -0.4 is 0 Å². The van der Waals surface area contributed by atoms with Crippen LogP contribution in [0.15, 0.2) is 41.4 Å². The van der Waals surface area contributed by atoms with Crippen molar-refractivity contribution in [3.63, 3.8) is 0 Å². The van der Waals surface area contributed by atoms with Gasteiger partial charge in [0.25, 0.3) is 0 Å². The number of hydrogen-bond acceptors (Lipinski definition) is 3. The van der Waals surface area contributed by atoms with Crippen molar-refractivity contribution < 1.29 is 31.5 Å². The van der Waals surface area contributed by atoms with E-state index in [0.717, 1.165) is 34.2 Å². The summed E-state index contributed by atoms with van der Waals surface area (Å²) in [7, 11) is -1.66. The number of sulfonamides is 1. The fourth-order valence-corrected chi connectivity index (χ4v) is 3.55. The van der Waals surface area contributed by atoms with Crippen LogP contribution in [0, 0.1) is 0 Å². The Morgan fingerprint density at radius 1 is 1.28 bits per heavy atom. The summed E-state index contributed by atoms with van der Waals surface area (Å²) in [5.74, 6) is -1.31. The van der Waals surface area contributed by atoms with Crippen molar-refractivity contribution in [3.8, 4) is 0 Å². The second-order valence-corrected chi connectivity index (χ2v) is 7.44. The van der Waals surface area contributed by atoms with Crippen LogP contribution in [0.2, 0.25) is 0 Å². The maximum absolute atomic E-state index is 13.0. The van der Waals surface area contributed by atoms with E-state index in [1.807, 2.05) is 0 Å². The van der Waals surface area contributed by atoms with Crippen LogP contribution in [-0.2, 0) is 29.8 Å². The fraction of sp³-hybridized carbons (Fsp3) is 0.267. The van der Waals surface area contributed by atoms with Gasteiger partial charge >= 0.3 is 12.1 Å². The summed E-state index contributed by atoms with van der Waals surface area (Å²) in [5.41, 5.74) is -1.37. The molecule has 6 nitrogen and oxygen atoms in total. The summed E-state index contributed by atoms with van der Waals surface area (Å²) in [6.07, 6.45) is -3.50. The number of halogens is 3. The van der Waals surface area contributed by atoms with Gasteiger partial charge in [-0.15, -0.1) is 0 Å². The van der Waals surface area contributed by atoms with Gasteiger partial charge in [0, 0.05) is 26.8 Å². The summed E-state index contributed by atoms with van der Waals surface area (Å²) >= 11 is 0. The van der Waals surface area contributed by atoms with Crippen LogP contribution in [0.5, 0.6) is 0 Å². The number of nitrogens with zero attached hydrogens (tertiary/aromatic N) is 2. The van der Waals surface area contributed by atoms with Crippen molar-refractivity contribution in [3.05, 3.63) is 53.3 Å². The van der Waals surface area contributed by atoms with Gasteiger partial charge in [-0.3, -0.25) is 0 Å². The molecule has 0 saturated heterocycles. The predicted octanol–water partition coefficient (Wildman–Crippen LogP) is 2.56. The average Bonchev–Trinajstić information content (AvgIpc) is 2.89. The smallest absolute Gasteiger partial charge is 0.416 e. The minimum absolute atomic E-state index is 0.199. The minimum Gasteiger partial charge on any atom is -0.477 e. The second-order valence-electron chi connectivity index (χ2n) is 5.39. The molecule has 0 atom stereocenters. The van der Waals surface area contributed by atoms with Gasteiger partial charge in [0.1, 0.15) is 10.6 Å². The molecule has 25 heavy (non-hydrogen) atoms. The lowest BCUT2D eigenvalue weighted by Crippen LogP contribution is -2.27. The Labute approximate surface area is 142 Å². The molecule has 0 spiro atoms. The molecule has 136 valence electrons. The third-order valence-corrected chi connectivity index (χ3v) is 5.39. The van der Waals surface area contributed by atoms with E-state index in [1.165, 1.54) is 25.2 Å². The molecule has 0 fully saturated rings. The van der Waals surface area contributed by atoms with Crippen LogP contribution in [-0.4, -0.2) is 35.4 Å². The van der Waals surface area contributed by atoms with Gasteiger partial charge in [-0.25, -0.2) is 13.2 Å². The number of benzene rings is 1. The van der Waals surface area contributed by atoms with Crippen LogP contribution in [0.4, 0.5) is 13.2 Å². The first kappa shape index (κ1) is 19.0. The Morgan fingerprint density at radius 2 is 1.88 bits per heavy atom. The lowest BCUT2D eigenvalue weighted by Gasteiger charge is -2.19. The lowest BCUT2D eigenvalue weighted by atomic mass is 10.1. The van der Waals surface area contributed by atoms with E-state index in [0.29, 0.717) is 0 Å². The van der Waals surface area contributed by atoms with Gasteiger partial charge in [0.15, 0.2) is 0 Å². The van der Waals surface area contributed by atoms with Crippen molar-refractivity contribution in [1.29, 1.82) is 0 Å². The topological polar surface area (TPSA) is 79.6 Å². The number of carbonyl (C=O) groups is 1. The highest BCUT2D eigenvalue weighted by Crippen LogP contribution is 2.33. The highest BCUT2D eigenvalue weighted by Gasteiger charge is 2.34. The molecule has 0 aliphatic rings. The molecule has 0 aliphatic heterocycles. The van der Waals surface area contributed by atoms with Crippen molar-refractivity contribution >= 4 is 16.0 Å². The summed E-state index contributed by atoms with van der Waals surface area (Å²) in [6, 6.07) is 5.64. The second kappa shape index (κ2) is 6.52. The molecule has 2 aromatic rings. The third-order valence-electron chi connectivity index (χ3n) is 3.62. The Kier molecular flexibility index (Phi) is 4.96. The van der Waals surface area contributed by atoms with E-state index in [4.69, 9.17) is 5.11 Å². The normalized spacial score (nSPS) is 12.6. The first-order valence-electron chi connectivity index (χ1n) is 6.95. The van der Waals surface area contributed by atoms with Gasteiger partial charge in [0.2, 0.25) is 10.0 Å². The fourth-order valence-electron chi connectivity index (χ4n) is 2.33. The first-order chi connectivity index (χ1) is 11.4. The van der Waals surface area contributed by atoms with Crippen molar-refractivity contribution in [2.75, 3.05) is 7.05 Å². The number of aromatic nitrogens is 1. The van der Waals surface area contributed by atoms with Gasteiger partial charge in [-0.05, 0) is 17.7 Å². The Balaban J connectivity index is 2.37. The van der Waals surface area contributed by atoms with E-state index in [-0.39, 0.29) is 16.2 Å². The highest BCUT2D eigenvalue weighted by atomic mass is 32.2. The number of aromatic carboxylic acids is 1. The molecule has 0 unspecified atom stereocenters. The van der Waals surface area contributed by atoms with Gasteiger partial charge in [-0.1, -0.05) is 18.2 Å². The molecule has 1 N–H and O–H groups in total. The molecule has 2 rings (SSSR count). The molecule has 10 heteroatoms. The molecule has 0 saturated carbocycles. The van der Waals surface area contributed by atoms with Crippen LogP contribution in [0.3, 0.4) is 0 Å². The van der Waals surface area contributed by atoms with Crippen molar-refractivity contribution in [2.24, 2.45) is 7.05 Å². The van der Waals surface area contributed by atoms with Gasteiger partial charge in [-0.2, -0.15) is 17.5 Å². The van der Waals surface area contributed by atoms with E-state index in [1.54, 1.807) is 0 Å². The molecule has 1 heterocycles. The zero-order valence-electron chi connectivity index (χ0n) is 13.3. The zero-order valence-corrected chi connectivity index (χ0v) is 14.1. The van der Waals surface area contributed by atoms with Gasteiger partial charge in [0.05, 0.1) is 5.56 Å². The number of rotatable bonds is 5. The predicted molar refractivity (Wildman–Crippen MR) is 82.5 cm³/mol. The molecule has 0 bridgehead atoms. The Hall–Kier alpha value is -2.33. The number of hydrogen-bond donors (Lipinski definition) is 1. The summed E-state index contributed by atoms with van der Waals surface area (Å²) in [4.78, 5) is 10.7. The third kappa shape index (κ3) is 3.85. The largest absolute Gasteiger partial charge is 0.477 e. The first-order valence-corrected chi connectivity index (χ1v) is 8.39. The Bertz CT molecular complexity index is 904. The number of alkyl halides is 3. The SMILES string of the molecule is CN(Cc1ccccc1C(F)(F)F)S(=O)(=O)c1cc(C(=O)O)n(C)c1. The van der Waals surface area contributed by atoms with Crippen LogP contribution >= 0.6 is 0 Å². The number of aryl methyl sites for hydroxylation is 1. The van der Waals surface area contributed by atoms with Crippen LogP contribution in [0.1, 0.15) is 21.6 Å². The molecule has 1 aromatic carbocycles. The molecular weight excluding hydrogens is 361 g/mol. The van der Waals surface area contributed by atoms with E-state index >= 15 is 0 Å². The monoisotopic (exact) mass is 376 g/mol. The zero-order chi connectivity index (χ0) is 19.0. The molecule has 0 aliphatic carbocycles. The lowest BCUT2D eigenvalue weighted by molar-refractivity contribution is -0.138. The summed E-state index contributed by atoms with van der Waals surface area (Å²) < 4.78 is 66.0. The molecule has 1 aromatic heterocycles. The maximum Gasteiger partial charge on any atom is 0.416 e. The van der Waals surface area contributed by atoms with E-state index in [9.17, 15) is 26.4 Å². The summed E-state index contributed by atoms with van der Waals surface area (Å²) in [5, 5.41) is 8.99. The van der Waals surface area contributed by atoms with Gasteiger partial charge < -0.3 is 9.67 Å². The Morgan fingerprint density at radius 3 is 2.40 bits per heavy atom. The highest BCUT2D eigenvalue weighted by molar-refractivity contribution is 7.89. The number of carboxylic acid groups (broad SMARTS) is 1. The quantitative estimate of drug-likeness (QED) is 0.870. The van der Waals surface area contributed by atoms with Crippen LogP contribution in [0.25, 0.3) is 0 Å².